The van der Waals surface area contributed by atoms with Gasteiger partial charge in [0.2, 0.25) is 23.6 Å². The molecular formula is C58H79IN10O17. The van der Waals surface area contributed by atoms with Crippen molar-refractivity contribution in [3.05, 3.63) is 81.4 Å². The van der Waals surface area contributed by atoms with E-state index in [1.54, 1.807) is 19.6 Å². The molecule has 2 aliphatic rings. The lowest BCUT2D eigenvalue weighted by atomic mass is 9.81. The number of rotatable bonds is 31. The van der Waals surface area contributed by atoms with Crippen LogP contribution in [-0.2, 0) is 60.8 Å². The van der Waals surface area contributed by atoms with Gasteiger partial charge in [0.25, 0.3) is 0 Å². The molecule has 0 bridgehead atoms. The van der Waals surface area contributed by atoms with E-state index < -0.39 is 102 Å². The number of nitrogens with zero attached hydrogens (tertiary/aromatic N) is 4. The molecule has 27 nitrogen and oxygen atoms in total. The summed E-state index contributed by atoms with van der Waals surface area (Å²) in [6.45, 7) is 0.838. The first-order chi connectivity index (χ1) is 41.0. The molecule has 0 aromatic heterocycles. The van der Waals surface area contributed by atoms with E-state index in [0.29, 0.717) is 25.7 Å². The quantitative estimate of drug-likeness (QED) is 0.0315. The van der Waals surface area contributed by atoms with Gasteiger partial charge in [-0.05, 0) is 114 Å². The van der Waals surface area contributed by atoms with Gasteiger partial charge in [-0.2, -0.15) is 0 Å². The Bertz CT molecular complexity index is 2790. The van der Waals surface area contributed by atoms with Crippen molar-refractivity contribution >= 4 is 98.8 Å². The summed E-state index contributed by atoms with van der Waals surface area (Å²) in [5, 5.41) is 74.8. The van der Waals surface area contributed by atoms with Gasteiger partial charge >= 0.3 is 41.8 Å². The maximum absolute atomic E-state index is 14.1. The van der Waals surface area contributed by atoms with Gasteiger partial charge in [-0.3, -0.25) is 58.0 Å². The van der Waals surface area contributed by atoms with E-state index in [4.69, 9.17) is 5.11 Å². The normalized spacial score (nSPS) is 18.1. The van der Waals surface area contributed by atoms with Crippen LogP contribution < -0.4 is 31.9 Å². The Morgan fingerprint density at radius 1 is 0.488 bits per heavy atom. The Kier molecular flexibility index (Phi) is 28.8. The third-order valence-corrected chi connectivity index (χ3v) is 15.8. The summed E-state index contributed by atoms with van der Waals surface area (Å²) in [7, 11) is 0. The van der Waals surface area contributed by atoms with Crippen molar-refractivity contribution in [1.82, 2.24) is 51.5 Å². The number of carboxylic acid groups (broad SMARTS) is 6. The van der Waals surface area contributed by atoms with E-state index >= 15 is 0 Å². The Morgan fingerprint density at radius 3 is 1.49 bits per heavy atom. The van der Waals surface area contributed by atoms with Crippen molar-refractivity contribution < 1.29 is 83.4 Å². The molecular weight excluding hydrogens is 1240 g/mol. The zero-order chi connectivity index (χ0) is 62.7. The van der Waals surface area contributed by atoms with Crippen LogP contribution in [0, 0.1) is 15.4 Å². The molecule has 1 aliphatic carbocycles. The van der Waals surface area contributed by atoms with Gasteiger partial charge in [0.05, 0.1) is 26.2 Å². The number of carboxylic acids is 6. The van der Waals surface area contributed by atoms with Crippen LogP contribution in [0.5, 0.6) is 0 Å². The van der Waals surface area contributed by atoms with Crippen LogP contribution in [0.15, 0.2) is 66.7 Å². The molecule has 6 amide bonds. The number of fused-ring (bicyclic) bond motifs is 1. The predicted molar refractivity (Wildman–Crippen MR) is 320 cm³/mol. The lowest BCUT2D eigenvalue weighted by Gasteiger charge is -2.33. The largest absolute Gasteiger partial charge is 0.481 e. The molecule has 1 aliphatic heterocycles. The SMILES string of the molecule is O=C(O)CC[C@H](NC(=O)N[C@@H](CCCCNC(=O)[C@H](Cc1ccc2ccccc2c1)NC(=O)C1CCC(CNC(=O)[C@H](Cc2ccc(I)cc2)NC(=O)CN2CCN(CC(=O)O)CCN(CC(=O)O)CCN(CC(=O)O)CC2)CC1)C(=O)O)C(=O)O. The molecule has 3 aromatic rings. The molecule has 1 saturated carbocycles. The molecule has 5 rings (SSSR count). The third kappa shape index (κ3) is 25.6. The summed E-state index contributed by atoms with van der Waals surface area (Å²) in [6, 6.07) is 14.8. The number of hydrogen-bond donors (Lipinski definition) is 12. The van der Waals surface area contributed by atoms with Crippen molar-refractivity contribution in [2.45, 2.75) is 94.8 Å². The van der Waals surface area contributed by atoms with Gasteiger partial charge in [-0.25, -0.2) is 14.4 Å². The van der Waals surface area contributed by atoms with E-state index in [-0.39, 0.29) is 136 Å². The van der Waals surface area contributed by atoms with Crippen LogP contribution in [0.25, 0.3) is 10.8 Å². The fourth-order valence-corrected chi connectivity index (χ4v) is 10.7. The Balaban J connectivity index is 1.18. The number of carbonyl (C=O) groups excluding carboxylic acids is 5. The number of carbonyl (C=O) groups is 11. The average Bonchev–Trinajstić information content (AvgIpc) is 3.45. The molecule has 470 valence electrons. The number of aliphatic carboxylic acids is 6. The van der Waals surface area contributed by atoms with E-state index in [1.807, 2.05) is 66.7 Å². The van der Waals surface area contributed by atoms with Gasteiger partial charge in [0.15, 0.2) is 0 Å². The lowest BCUT2D eigenvalue weighted by Crippen LogP contribution is -2.53. The topological polar surface area (TPSA) is 394 Å². The van der Waals surface area contributed by atoms with Crippen LogP contribution >= 0.6 is 22.6 Å². The number of benzene rings is 3. The summed E-state index contributed by atoms with van der Waals surface area (Å²) in [5.41, 5.74) is 1.58. The maximum atomic E-state index is 14.1. The number of nitrogens with one attached hydrogen (secondary N) is 6. The second kappa shape index (κ2) is 35.8. The Hall–Kier alpha value is -7.54. The molecule has 12 N–H and O–H groups in total. The van der Waals surface area contributed by atoms with Crippen LogP contribution in [0.4, 0.5) is 4.79 Å². The first-order valence-electron chi connectivity index (χ1n) is 28.7. The van der Waals surface area contributed by atoms with Crippen molar-refractivity contribution in [1.29, 1.82) is 0 Å². The summed E-state index contributed by atoms with van der Waals surface area (Å²) in [5.74, 6) is -9.57. The van der Waals surface area contributed by atoms with Crippen LogP contribution in [0.2, 0.25) is 0 Å². The molecule has 0 unspecified atom stereocenters. The first kappa shape index (κ1) is 69.2. The molecule has 4 atom stereocenters. The average molecular weight is 1320 g/mol. The van der Waals surface area contributed by atoms with Gasteiger partial charge in [0, 0.05) is 94.2 Å². The maximum Gasteiger partial charge on any atom is 0.326 e. The molecule has 0 spiro atoms. The summed E-state index contributed by atoms with van der Waals surface area (Å²) < 4.78 is 0.969. The number of halogens is 1. The minimum absolute atomic E-state index is 0.0221. The Labute approximate surface area is 511 Å². The highest BCUT2D eigenvalue weighted by Crippen LogP contribution is 2.29. The van der Waals surface area contributed by atoms with Crippen molar-refractivity contribution in [2.75, 3.05) is 91.6 Å². The van der Waals surface area contributed by atoms with E-state index in [1.165, 1.54) is 0 Å². The summed E-state index contributed by atoms with van der Waals surface area (Å²) in [6.07, 6.45) is 1.80. The molecule has 28 heteroatoms. The Morgan fingerprint density at radius 2 is 0.965 bits per heavy atom. The fourth-order valence-electron chi connectivity index (χ4n) is 10.3. The van der Waals surface area contributed by atoms with Crippen molar-refractivity contribution in [3.63, 3.8) is 0 Å². The second-order valence-electron chi connectivity index (χ2n) is 21.8. The fraction of sp³-hybridized carbons (Fsp3) is 0.534. The molecule has 1 heterocycles. The molecule has 0 radical (unpaired) electrons. The standard InChI is InChI=1S/C58H79IN10O17/c59-43-16-11-37(12-17-43)30-46(62-48(70)33-66-21-23-67(34-50(73)74)25-27-69(36-52(77)78)28-26-68(24-22-66)35-51(75)76)55(81)61-32-38-8-14-41(15-9-38)53(79)63-47(31-39-10-13-40-5-1-2-6-42(40)29-39)54(80)60-20-4-3-7-44(56(82)83)64-58(86)65-45(57(84)85)18-19-49(71)72/h1-2,5-6,10-13,16-17,29,38,41,44-47H,3-4,7-9,14-15,18-28,30-36H2,(H,60,80)(H,61,81)(H,62,70)(H,63,79)(H,71,72)(H,73,74)(H,75,76)(H,77,78)(H,82,83)(H,84,85)(H2,64,65,86)/t38?,41?,44-,45-,46-,47-/m0/s1. The predicted octanol–water partition coefficient (Wildman–Crippen LogP) is 0.954. The highest BCUT2D eigenvalue weighted by molar-refractivity contribution is 14.1. The number of amides is 6. The summed E-state index contributed by atoms with van der Waals surface area (Å²) in [4.78, 5) is 145. The minimum Gasteiger partial charge on any atom is -0.481 e. The zero-order valence-corrected chi connectivity index (χ0v) is 50.0. The van der Waals surface area contributed by atoms with Gasteiger partial charge in [0.1, 0.15) is 24.2 Å². The summed E-state index contributed by atoms with van der Waals surface area (Å²) >= 11 is 2.17. The number of hydrogen-bond acceptors (Lipinski definition) is 15. The van der Waals surface area contributed by atoms with Gasteiger partial charge in [-0.15, -0.1) is 0 Å². The molecule has 3 aromatic carbocycles. The first-order valence-corrected chi connectivity index (χ1v) is 29.7. The van der Waals surface area contributed by atoms with Crippen LogP contribution in [0.3, 0.4) is 0 Å². The molecule has 86 heavy (non-hydrogen) atoms. The van der Waals surface area contributed by atoms with Crippen molar-refractivity contribution in [2.24, 2.45) is 11.8 Å². The smallest absolute Gasteiger partial charge is 0.326 e. The van der Waals surface area contributed by atoms with Gasteiger partial charge < -0.3 is 62.5 Å². The van der Waals surface area contributed by atoms with E-state index in [2.05, 4.69) is 54.5 Å². The molecule has 1 saturated heterocycles. The minimum atomic E-state index is -1.56. The monoisotopic (exact) mass is 1310 g/mol. The van der Waals surface area contributed by atoms with E-state index in [9.17, 15) is 78.3 Å². The highest BCUT2D eigenvalue weighted by Gasteiger charge is 2.32. The molecule has 2 fully saturated rings. The van der Waals surface area contributed by atoms with Gasteiger partial charge in [-0.1, -0.05) is 54.6 Å². The number of urea groups is 1. The van der Waals surface area contributed by atoms with Crippen LogP contribution in [-0.4, -0.2) is 232 Å². The van der Waals surface area contributed by atoms with E-state index in [0.717, 1.165) is 25.5 Å². The lowest BCUT2D eigenvalue weighted by molar-refractivity contribution is -0.141. The number of unbranched alkanes of at least 4 members (excludes halogenated alkanes) is 1. The van der Waals surface area contributed by atoms with Crippen LogP contribution in [0.1, 0.15) is 68.9 Å². The third-order valence-electron chi connectivity index (χ3n) is 15.1. The van der Waals surface area contributed by atoms with Crippen molar-refractivity contribution in [3.8, 4) is 0 Å². The zero-order valence-electron chi connectivity index (χ0n) is 47.8. The highest BCUT2D eigenvalue weighted by atomic mass is 127. The second-order valence-corrected chi connectivity index (χ2v) is 23.0.